The highest BCUT2D eigenvalue weighted by Gasteiger charge is 2.26. The minimum Gasteiger partial charge on any atom is -0.324 e. The zero-order valence-corrected chi connectivity index (χ0v) is 12.9. The Morgan fingerprint density at radius 1 is 1.26 bits per heavy atom. The van der Waals surface area contributed by atoms with Gasteiger partial charge in [0.1, 0.15) is 0 Å². The highest BCUT2D eigenvalue weighted by atomic mass is 32.2. The molecule has 0 aliphatic rings. The van der Waals surface area contributed by atoms with E-state index in [0.717, 1.165) is 12.0 Å². The van der Waals surface area contributed by atoms with Gasteiger partial charge in [0.15, 0.2) is 0 Å². The normalized spacial score (nSPS) is 15.5. The molecule has 0 fully saturated rings. The fourth-order valence-electron chi connectivity index (χ4n) is 2.02. The number of nitrogens with two attached hydrogens (primary N) is 1. The van der Waals surface area contributed by atoms with Crippen LogP contribution in [0.5, 0.6) is 0 Å². The molecule has 0 heterocycles. The number of rotatable bonds is 6. The van der Waals surface area contributed by atoms with E-state index in [-0.39, 0.29) is 12.1 Å². The summed E-state index contributed by atoms with van der Waals surface area (Å²) in [6, 6.07) is 6.72. The van der Waals surface area contributed by atoms with Gasteiger partial charge in [-0.05, 0) is 38.0 Å². The first-order chi connectivity index (χ1) is 8.84. The highest BCUT2D eigenvalue weighted by Crippen LogP contribution is 2.22. The molecule has 0 saturated carbocycles. The van der Waals surface area contributed by atoms with E-state index in [0.29, 0.717) is 11.4 Å². The van der Waals surface area contributed by atoms with Crippen LogP contribution < -0.4 is 5.73 Å². The number of nitrogens with zero attached hydrogens (tertiary/aromatic N) is 1. The van der Waals surface area contributed by atoms with Crippen LogP contribution in [0.3, 0.4) is 0 Å². The molecule has 0 aliphatic heterocycles. The Labute approximate surface area is 116 Å². The molecule has 2 atom stereocenters. The van der Waals surface area contributed by atoms with Gasteiger partial charge < -0.3 is 5.73 Å². The first kappa shape index (κ1) is 16.1. The average molecular weight is 284 g/mol. The molecule has 1 aromatic rings. The Hall–Kier alpha value is -0.910. The van der Waals surface area contributed by atoms with Crippen molar-refractivity contribution >= 4 is 10.0 Å². The summed E-state index contributed by atoms with van der Waals surface area (Å²) in [6.07, 6.45) is 0.792. The number of hydrogen-bond donors (Lipinski definition) is 1. The van der Waals surface area contributed by atoms with Crippen molar-refractivity contribution in [1.82, 2.24) is 4.31 Å². The van der Waals surface area contributed by atoms with Crippen molar-refractivity contribution in [2.45, 2.75) is 51.1 Å². The summed E-state index contributed by atoms with van der Waals surface area (Å²) in [5.74, 6) is 0. The minimum atomic E-state index is -3.44. The molecule has 2 unspecified atom stereocenters. The molecular formula is C14H24N2O2S. The molecule has 0 bridgehead atoms. The van der Waals surface area contributed by atoms with Gasteiger partial charge in [0, 0.05) is 18.6 Å². The lowest BCUT2D eigenvalue weighted by Crippen LogP contribution is -2.38. The van der Waals surface area contributed by atoms with Crippen LogP contribution in [0.15, 0.2) is 29.2 Å². The topological polar surface area (TPSA) is 63.4 Å². The quantitative estimate of drug-likeness (QED) is 0.873. The van der Waals surface area contributed by atoms with Gasteiger partial charge in [0.2, 0.25) is 10.0 Å². The Morgan fingerprint density at radius 2 is 1.89 bits per heavy atom. The van der Waals surface area contributed by atoms with Gasteiger partial charge >= 0.3 is 0 Å². The molecule has 2 N–H and O–H groups in total. The first-order valence-electron chi connectivity index (χ1n) is 6.71. The molecule has 0 aromatic heterocycles. The standard InChI is InChI=1S/C14H24N2O2S/c1-5-11(3)16(6-2)19(17,18)14-9-7-8-13(10-14)12(4)15/h7-12H,5-6,15H2,1-4H3. The monoisotopic (exact) mass is 284 g/mol. The van der Waals surface area contributed by atoms with Crippen LogP contribution in [0.25, 0.3) is 0 Å². The summed E-state index contributed by atoms with van der Waals surface area (Å²) in [5.41, 5.74) is 6.65. The second-order valence-electron chi connectivity index (χ2n) is 4.83. The van der Waals surface area contributed by atoms with E-state index in [4.69, 9.17) is 5.73 Å². The first-order valence-corrected chi connectivity index (χ1v) is 8.16. The summed E-state index contributed by atoms with van der Waals surface area (Å²) in [4.78, 5) is 0.324. The van der Waals surface area contributed by atoms with E-state index >= 15 is 0 Å². The van der Waals surface area contributed by atoms with Gasteiger partial charge in [-0.3, -0.25) is 0 Å². The number of hydrogen-bond acceptors (Lipinski definition) is 3. The molecule has 1 rings (SSSR count). The average Bonchev–Trinajstić information content (AvgIpc) is 2.39. The zero-order valence-electron chi connectivity index (χ0n) is 12.1. The molecule has 0 radical (unpaired) electrons. The van der Waals surface area contributed by atoms with Crippen molar-refractivity contribution in [2.75, 3.05) is 6.54 Å². The summed E-state index contributed by atoms with van der Waals surface area (Å²) in [5, 5.41) is 0. The number of benzene rings is 1. The van der Waals surface area contributed by atoms with Gasteiger partial charge in [-0.2, -0.15) is 4.31 Å². The maximum atomic E-state index is 12.6. The lowest BCUT2D eigenvalue weighted by molar-refractivity contribution is 0.342. The van der Waals surface area contributed by atoms with Gasteiger partial charge in [-0.15, -0.1) is 0 Å². The van der Waals surface area contributed by atoms with Crippen LogP contribution in [0, 0.1) is 0 Å². The van der Waals surface area contributed by atoms with E-state index in [1.54, 1.807) is 18.2 Å². The van der Waals surface area contributed by atoms with Gasteiger partial charge in [0.05, 0.1) is 4.90 Å². The fourth-order valence-corrected chi connectivity index (χ4v) is 3.78. The highest BCUT2D eigenvalue weighted by molar-refractivity contribution is 7.89. The van der Waals surface area contributed by atoms with Crippen LogP contribution in [0.4, 0.5) is 0 Å². The second-order valence-corrected chi connectivity index (χ2v) is 6.72. The summed E-state index contributed by atoms with van der Waals surface area (Å²) >= 11 is 0. The van der Waals surface area contributed by atoms with Gasteiger partial charge in [-0.1, -0.05) is 26.0 Å². The van der Waals surface area contributed by atoms with Crippen molar-refractivity contribution in [2.24, 2.45) is 5.73 Å². The summed E-state index contributed by atoms with van der Waals surface area (Å²) < 4.78 is 26.8. The molecule has 0 aliphatic carbocycles. The van der Waals surface area contributed by atoms with E-state index in [1.165, 1.54) is 4.31 Å². The van der Waals surface area contributed by atoms with Crippen molar-refractivity contribution < 1.29 is 8.42 Å². The maximum absolute atomic E-state index is 12.6. The van der Waals surface area contributed by atoms with Crippen LogP contribution in [-0.2, 0) is 10.0 Å². The van der Waals surface area contributed by atoms with E-state index < -0.39 is 10.0 Å². The Kier molecular flexibility index (Phi) is 5.52. The fraction of sp³-hybridized carbons (Fsp3) is 0.571. The minimum absolute atomic E-state index is 0.00560. The third-order valence-electron chi connectivity index (χ3n) is 3.38. The molecule has 1 aromatic carbocycles. The van der Waals surface area contributed by atoms with Crippen LogP contribution >= 0.6 is 0 Å². The SMILES string of the molecule is CCC(C)N(CC)S(=O)(=O)c1cccc(C(C)N)c1. The molecular weight excluding hydrogens is 260 g/mol. The predicted octanol–water partition coefficient (Wildman–Crippen LogP) is 2.52. The van der Waals surface area contributed by atoms with Crippen LogP contribution in [0.2, 0.25) is 0 Å². The molecule has 5 heteroatoms. The lowest BCUT2D eigenvalue weighted by atomic mass is 10.1. The summed E-state index contributed by atoms with van der Waals surface area (Å²) in [6.45, 7) is 8.09. The van der Waals surface area contributed by atoms with Crippen LogP contribution in [-0.4, -0.2) is 25.3 Å². The maximum Gasteiger partial charge on any atom is 0.243 e. The van der Waals surface area contributed by atoms with Crippen LogP contribution in [0.1, 0.15) is 45.7 Å². The predicted molar refractivity (Wildman–Crippen MR) is 78.4 cm³/mol. The Balaban J connectivity index is 3.22. The molecule has 0 amide bonds. The van der Waals surface area contributed by atoms with E-state index in [2.05, 4.69) is 0 Å². The van der Waals surface area contributed by atoms with Gasteiger partial charge in [0.25, 0.3) is 0 Å². The largest absolute Gasteiger partial charge is 0.324 e. The second kappa shape index (κ2) is 6.50. The molecule has 0 spiro atoms. The molecule has 108 valence electrons. The smallest absolute Gasteiger partial charge is 0.243 e. The van der Waals surface area contributed by atoms with Crippen molar-refractivity contribution in [1.29, 1.82) is 0 Å². The summed E-state index contributed by atoms with van der Waals surface area (Å²) in [7, 11) is -3.44. The van der Waals surface area contributed by atoms with Crippen molar-refractivity contribution in [3.05, 3.63) is 29.8 Å². The van der Waals surface area contributed by atoms with E-state index in [9.17, 15) is 8.42 Å². The lowest BCUT2D eigenvalue weighted by Gasteiger charge is -2.26. The van der Waals surface area contributed by atoms with Gasteiger partial charge in [-0.25, -0.2) is 8.42 Å². The van der Waals surface area contributed by atoms with Crippen molar-refractivity contribution in [3.8, 4) is 0 Å². The third-order valence-corrected chi connectivity index (χ3v) is 5.47. The number of sulfonamides is 1. The zero-order chi connectivity index (χ0) is 14.6. The molecule has 19 heavy (non-hydrogen) atoms. The third kappa shape index (κ3) is 3.55. The molecule has 4 nitrogen and oxygen atoms in total. The Bertz CT molecular complexity index is 512. The van der Waals surface area contributed by atoms with E-state index in [1.807, 2.05) is 33.8 Å². The molecule has 0 saturated heterocycles. The van der Waals surface area contributed by atoms with Crippen molar-refractivity contribution in [3.63, 3.8) is 0 Å². The Morgan fingerprint density at radius 3 is 2.37 bits per heavy atom.